The first-order valence-corrected chi connectivity index (χ1v) is 12.2. The normalized spacial score (nSPS) is 19.9. The number of nitrogens with one attached hydrogen (secondary N) is 2. The lowest BCUT2D eigenvalue weighted by Crippen LogP contribution is -2.42. The number of aromatic nitrogens is 5. The van der Waals surface area contributed by atoms with E-state index in [-0.39, 0.29) is 17.6 Å². The largest absolute Gasteiger partial charge is 0.458 e. The number of anilines is 1. The van der Waals surface area contributed by atoms with E-state index in [1.54, 1.807) is 32.1 Å². The molecule has 2 N–H and O–H groups in total. The van der Waals surface area contributed by atoms with Crippen LogP contribution < -0.4 is 10.0 Å². The molecule has 1 amide bonds. The zero-order chi connectivity index (χ0) is 25.3. The maximum atomic E-state index is 13.3. The summed E-state index contributed by atoms with van der Waals surface area (Å²) in [5.74, 6) is -0.797. The minimum Gasteiger partial charge on any atom is -0.458 e. The number of aryl methyl sites for hydroxylation is 1. The lowest BCUT2D eigenvalue weighted by atomic mass is 10.1. The van der Waals surface area contributed by atoms with Gasteiger partial charge in [-0.05, 0) is 32.1 Å². The Hall–Kier alpha value is -3.65. The second-order valence-electron chi connectivity index (χ2n) is 8.04. The number of methoxy groups -OCH3 is 1. The van der Waals surface area contributed by atoms with E-state index < -0.39 is 45.1 Å². The zero-order valence-corrected chi connectivity index (χ0v) is 20.2. The molecule has 0 saturated carbocycles. The molecule has 0 spiro atoms. The van der Waals surface area contributed by atoms with E-state index in [4.69, 9.17) is 9.15 Å². The second kappa shape index (κ2) is 9.54. The molecule has 0 aliphatic carbocycles. The van der Waals surface area contributed by atoms with Crippen LogP contribution in [0, 0.1) is 12.7 Å². The van der Waals surface area contributed by atoms with Gasteiger partial charge in [0.05, 0.1) is 17.6 Å². The molecule has 186 valence electrons. The van der Waals surface area contributed by atoms with Gasteiger partial charge in [0.2, 0.25) is 27.7 Å². The van der Waals surface area contributed by atoms with Crippen molar-refractivity contribution in [3.63, 3.8) is 0 Å². The molecule has 0 bridgehead atoms. The van der Waals surface area contributed by atoms with Crippen LogP contribution in [0.3, 0.4) is 0 Å². The van der Waals surface area contributed by atoms with Gasteiger partial charge < -0.3 is 14.5 Å². The highest BCUT2D eigenvalue weighted by atomic mass is 32.2. The molecule has 4 atom stereocenters. The number of rotatable bonds is 8. The van der Waals surface area contributed by atoms with E-state index in [0.29, 0.717) is 11.5 Å². The molecule has 1 aliphatic rings. The molecule has 2 unspecified atom stereocenters. The van der Waals surface area contributed by atoms with Crippen molar-refractivity contribution in [3.8, 4) is 11.6 Å². The Morgan fingerprint density at radius 2 is 1.94 bits per heavy atom. The summed E-state index contributed by atoms with van der Waals surface area (Å²) in [5.41, 5.74) is 0. The lowest BCUT2D eigenvalue weighted by molar-refractivity contribution is -0.127. The molecule has 4 rings (SSSR count). The third-order valence-electron chi connectivity index (χ3n) is 5.77. The van der Waals surface area contributed by atoms with Crippen molar-refractivity contribution in [1.29, 1.82) is 0 Å². The summed E-state index contributed by atoms with van der Waals surface area (Å²) >= 11 is 0. The average molecular weight is 506 g/mol. The van der Waals surface area contributed by atoms with Gasteiger partial charge in [-0.2, -0.15) is 0 Å². The molecule has 3 aromatic rings. The molecule has 12 nitrogen and oxygen atoms in total. The molecule has 1 aliphatic heterocycles. The maximum absolute atomic E-state index is 13.3. The number of carbonyl (C=O) groups excluding carboxylic acids is 1. The average Bonchev–Trinajstić information content (AvgIpc) is 3.43. The third kappa shape index (κ3) is 4.79. The number of hydrogen-bond donors (Lipinski definition) is 2. The van der Waals surface area contributed by atoms with Gasteiger partial charge in [-0.1, -0.05) is 6.92 Å². The van der Waals surface area contributed by atoms with E-state index in [2.05, 4.69) is 30.2 Å². The summed E-state index contributed by atoms with van der Waals surface area (Å²) in [4.78, 5) is 20.6. The smallest absolute Gasteiger partial charge is 0.250 e. The van der Waals surface area contributed by atoms with Gasteiger partial charge in [-0.25, -0.2) is 22.8 Å². The van der Waals surface area contributed by atoms with Crippen molar-refractivity contribution in [2.75, 3.05) is 11.8 Å². The van der Waals surface area contributed by atoms with Crippen molar-refractivity contribution < 1.29 is 26.8 Å². The first-order valence-electron chi connectivity index (χ1n) is 10.6. The lowest BCUT2D eigenvalue weighted by Gasteiger charge is -2.28. The fourth-order valence-electron chi connectivity index (χ4n) is 3.64. The standard InChI is InChI=1S/C21H24FN7O5S/c1-11-5-6-16(34-11)19-26-27-21(29(19)17-15(33-4)7-8-23-20(17)30)28-35(31,32)13(3)12(2)18-24-9-14(22)10-25-18/h5-10,12-13,15,17H,1-4H3,(H,23,30)(H,27,28)/t12-,13-,15?,17?/m0/s1. The number of furan rings is 1. The van der Waals surface area contributed by atoms with Crippen LogP contribution in [-0.4, -0.2) is 57.5 Å². The van der Waals surface area contributed by atoms with Crippen LogP contribution in [0.1, 0.15) is 37.4 Å². The Morgan fingerprint density at radius 1 is 1.23 bits per heavy atom. The van der Waals surface area contributed by atoms with E-state index in [1.807, 2.05) is 0 Å². The number of halogens is 1. The van der Waals surface area contributed by atoms with Crippen molar-refractivity contribution in [2.24, 2.45) is 0 Å². The highest BCUT2D eigenvalue weighted by molar-refractivity contribution is 7.93. The van der Waals surface area contributed by atoms with Gasteiger partial charge in [0.15, 0.2) is 11.6 Å². The van der Waals surface area contributed by atoms with Crippen molar-refractivity contribution in [1.82, 2.24) is 30.0 Å². The molecule has 0 aromatic carbocycles. The zero-order valence-electron chi connectivity index (χ0n) is 19.3. The van der Waals surface area contributed by atoms with Crippen LogP contribution in [-0.2, 0) is 19.6 Å². The summed E-state index contributed by atoms with van der Waals surface area (Å²) in [6.45, 7) is 4.81. The molecule has 35 heavy (non-hydrogen) atoms. The summed E-state index contributed by atoms with van der Waals surface area (Å²) in [6, 6.07) is 2.31. The SMILES string of the molecule is COC1C=CNC(=O)C1n1c(NS(=O)(=O)[C@@H](C)[C@H](C)c2ncc(F)cn2)nnc1-c1ccc(C)o1. The summed E-state index contributed by atoms with van der Waals surface area (Å²) in [6.07, 6.45) is 4.28. The third-order valence-corrected chi connectivity index (χ3v) is 7.63. The Bertz CT molecular complexity index is 1350. The highest BCUT2D eigenvalue weighted by Crippen LogP contribution is 2.32. The van der Waals surface area contributed by atoms with Crippen LogP contribution in [0.4, 0.5) is 10.3 Å². The number of ether oxygens (including phenoxy) is 1. The number of carbonyl (C=O) groups is 1. The number of sulfonamides is 1. The highest BCUT2D eigenvalue weighted by Gasteiger charge is 2.38. The van der Waals surface area contributed by atoms with Gasteiger partial charge in [0.25, 0.3) is 0 Å². The van der Waals surface area contributed by atoms with Gasteiger partial charge in [0.1, 0.15) is 23.7 Å². The van der Waals surface area contributed by atoms with E-state index in [0.717, 1.165) is 12.4 Å². The van der Waals surface area contributed by atoms with E-state index in [9.17, 15) is 17.6 Å². The van der Waals surface area contributed by atoms with Gasteiger partial charge >= 0.3 is 0 Å². The number of hydrogen-bond acceptors (Lipinski definition) is 9. The van der Waals surface area contributed by atoms with Crippen molar-refractivity contribution in [3.05, 3.63) is 54.2 Å². The second-order valence-corrected chi connectivity index (χ2v) is 10.1. The molecule has 0 saturated heterocycles. The van der Waals surface area contributed by atoms with Crippen LogP contribution in [0.2, 0.25) is 0 Å². The molecular weight excluding hydrogens is 481 g/mol. The summed E-state index contributed by atoms with van der Waals surface area (Å²) in [7, 11) is -2.68. The van der Waals surface area contributed by atoms with Gasteiger partial charge in [0, 0.05) is 19.2 Å². The van der Waals surface area contributed by atoms with Crippen LogP contribution in [0.5, 0.6) is 0 Å². The topological polar surface area (TPSA) is 154 Å². The van der Waals surface area contributed by atoms with Crippen molar-refractivity contribution in [2.45, 2.75) is 44.1 Å². The first-order chi connectivity index (χ1) is 16.6. The fourth-order valence-corrected chi connectivity index (χ4v) is 4.88. The Balaban J connectivity index is 1.74. The molecule has 0 radical (unpaired) electrons. The first kappa shape index (κ1) is 24.5. The van der Waals surface area contributed by atoms with Crippen molar-refractivity contribution >= 4 is 21.9 Å². The quantitative estimate of drug-likeness (QED) is 0.467. The number of amides is 1. The van der Waals surface area contributed by atoms with Crippen LogP contribution in [0.15, 0.2) is 41.2 Å². The Labute approximate surface area is 200 Å². The monoisotopic (exact) mass is 505 g/mol. The van der Waals surface area contributed by atoms with Crippen LogP contribution >= 0.6 is 0 Å². The van der Waals surface area contributed by atoms with E-state index >= 15 is 0 Å². The minimum absolute atomic E-state index is 0.135. The van der Waals surface area contributed by atoms with Gasteiger partial charge in [-0.3, -0.25) is 14.1 Å². The maximum Gasteiger partial charge on any atom is 0.250 e. The fraction of sp³-hybridized carbons (Fsp3) is 0.381. The number of nitrogens with zero attached hydrogens (tertiary/aromatic N) is 5. The Morgan fingerprint density at radius 3 is 2.57 bits per heavy atom. The summed E-state index contributed by atoms with van der Waals surface area (Å²) in [5, 5.41) is 9.66. The van der Waals surface area contributed by atoms with E-state index in [1.165, 1.54) is 24.8 Å². The Kier molecular flexibility index (Phi) is 6.67. The predicted molar refractivity (Wildman–Crippen MR) is 122 cm³/mol. The predicted octanol–water partition coefficient (Wildman–Crippen LogP) is 1.91. The van der Waals surface area contributed by atoms with Gasteiger partial charge in [-0.15, -0.1) is 10.2 Å². The molecular formula is C21H24FN7O5S. The summed E-state index contributed by atoms with van der Waals surface area (Å²) < 4.78 is 54.7. The molecule has 14 heteroatoms. The molecule has 3 aromatic heterocycles. The van der Waals surface area contributed by atoms with Crippen LogP contribution in [0.25, 0.3) is 11.6 Å². The molecule has 4 heterocycles. The molecule has 0 fully saturated rings. The minimum atomic E-state index is -4.11.